The summed E-state index contributed by atoms with van der Waals surface area (Å²) < 4.78 is 1.68. The number of benzene rings is 1. The highest BCUT2D eigenvalue weighted by molar-refractivity contribution is 6.34. The molecular weight excluding hydrogens is 216 g/mol. The predicted octanol–water partition coefficient (Wildman–Crippen LogP) is 2.23. The first kappa shape index (κ1) is 9.98. The van der Waals surface area contributed by atoms with Crippen LogP contribution in [0, 0.1) is 6.92 Å². The zero-order chi connectivity index (χ0) is 11.2. The molecule has 1 aromatic carbocycles. The second kappa shape index (κ2) is 3.24. The van der Waals surface area contributed by atoms with Gasteiger partial charge in [-0.05, 0) is 19.1 Å². The second-order valence-corrected chi connectivity index (χ2v) is 3.77. The summed E-state index contributed by atoms with van der Waals surface area (Å²) in [6, 6.07) is 3.18. The van der Waals surface area contributed by atoms with Crippen molar-refractivity contribution in [3.63, 3.8) is 0 Å². The smallest absolute Gasteiger partial charge is 0.337 e. The monoisotopic (exact) mass is 224 g/mol. The van der Waals surface area contributed by atoms with Crippen LogP contribution >= 0.6 is 11.6 Å². The fraction of sp³-hybridized carbons (Fsp3) is 0.200. The number of hydrogen-bond acceptors (Lipinski definition) is 2. The minimum Gasteiger partial charge on any atom is -0.478 e. The highest BCUT2D eigenvalue weighted by Crippen LogP contribution is 2.25. The maximum absolute atomic E-state index is 10.9. The van der Waals surface area contributed by atoms with Crippen molar-refractivity contribution >= 4 is 28.5 Å². The van der Waals surface area contributed by atoms with Crippen LogP contribution in [0.25, 0.3) is 10.9 Å². The van der Waals surface area contributed by atoms with Crippen LogP contribution < -0.4 is 0 Å². The van der Waals surface area contributed by atoms with Gasteiger partial charge in [0.25, 0.3) is 0 Å². The Hall–Kier alpha value is -1.55. The van der Waals surface area contributed by atoms with Crippen LogP contribution in [-0.4, -0.2) is 20.9 Å². The summed E-state index contributed by atoms with van der Waals surface area (Å²) in [5, 5.41) is 14.2. The Kier molecular flexibility index (Phi) is 2.16. The molecule has 0 fully saturated rings. The molecule has 0 saturated carbocycles. The molecule has 0 aliphatic heterocycles. The number of nitrogens with zero attached hydrogens (tertiary/aromatic N) is 2. The quantitative estimate of drug-likeness (QED) is 0.808. The van der Waals surface area contributed by atoms with Gasteiger partial charge in [0.05, 0.1) is 21.8 Å². The largest absolute Gasteiger partial charge is 0.478 e. The van der Waals surface area contributed by atoms with Gasteiger partial charge in [0, 0.05) is 12.4 Å². The normalized spacial score (nSPS) is 10.9. The molecule has 1 N–H and O–H groups in total. The number of hydrogen-bond donors (Lipinski definition) is 1. The van der Waals surface area contributed by atoms with E-state index in [4.69, 9.17) is 16.7 Å². The van der Waals surface area contributed by atoms with Gasteiger partial charge in [-0.15, -0.1) is 0 Å². The number of aromatic nitrogens is 2. The lowest BCUT2D eigenvalue weighted by molar-refractivity contribution is 0.0697. The lowest BCUT2D eigenvalue weighted by atomic mass is 10.1. The van der Waals surface area contributed by atoms with Crippen molar-refractivity contribution < 1.29 is 9.90 Å². The van der Waals surface area contributed by atoms with Gasteiger partial charge in [0.1, 0.15) is 0 Å². The molecule has 0 saturated heterocycles. The molecule has 0 atom stereocenters. The van der Waals surface area contributed by atoms with Gasteiger partial charge in [-0.1, -0.05) is 11.6 Å². The molecule has 15 heavy (non-hydrogen) atoms. The van der Waals surface area contributed by atoms with E-state index >= 15 is 0 Å². The fourth-order valence-electron chi connectivity index (χ4n) is 1.62. The Bertz CT molecular complexity index is 560. The molecule has 0 bridgehead atoms. The number of fused-ring (bicyclic) bond motifs is 1. The van der Waals surface area contributed by atoms with Crippen molar-refractivity contribution in [2.24, 2.45) is 7.05 Å². The molecule has 1 heterocycles. The Morgan fingerprint density at radius 1 is 1.53 bits per heavy atom. The Labute approximate surface area is 91.1 Å². The van der Waals surface area contributed by atoms with Crippen LogP contribution in [-0.2, 0) is 7.05 Å². The molecule has 0 radical (unpaired) electrons. The average molecular weight is 225 g/mol. The summed E-state index contributed by atoms with van der Waals surface area (Å²) in [5.41, 5.74) is 1.74. The third kappa shape index (κ3) is 1.47. The molecule has 1 aromatic heterocycles. The third-order valence-electron chi connectivity index (χ3n) is 2.35. The SMILES string of the molecule is Cc1nn(C)c2cc(Cl)c(C(=O)O)cc12. The van der Waals surface area contributed by atoms with E-state index in [0.29, 0.717) is 0 Å². The van der Waals surface area contributed by atoms with Crippen LogP contribution in [0.5, 0.6) is 0 Å². The van der Waals surface area contributed by atoms with E-state index in [0.717, 1.165) is 16.6 Å². The van der Waals surface area contributed by atoms with Gasteiger partial charge < -0.3 is 5.11 Å². The molecule has 2 aromatic rings. The number of aromatic carboxylic acids is 1. The highest BCUT2D eigenvalue weighted by Gasteiger charge is 2.13. The van der Waals surface area contributed by atoms with Crippen LogP contribution in [0.4, 0.5) is 0 Å². The van der Waals surface area contributed by atoms with Crippen LogP contribution in [0.15, 0.2) is 12.1 Å². The van der Waals surface area contributed by atoms with E-state index in [1.165, 1.54) is 0 Å². The van der Waals surface area contributed by atoms with Gasteiger partial charge in [-0.3, -0.25) is 4.68 Å². The summed E-state index contributed by atoms with van der Waals surface area (Å²) in [5.74, 6) is -1.02. The maximum atomic E-state index is 10.9. The number of carboxylic acid groups (broad SMARTS) is 1. The van der Waals surface area contributed by atoms with Crippen LogP contribution in [0.2, 0.25) is 5.02 Å². The van der Waals surface area contributed by atoms with Gasteiger partial charge >= 0.3 is 5.97 Å². The van der Waals surface area contributed by atoms with Crippen molar-refractivity contribution in [2.45, 2.75) is 6.92 Å². The lowest BCUT2D eigenvalue weighted by Crippen LogP contribution is -1.97. The van der Waals surface area contributed by atoms with Crippen LogP contribution in [0.3, 0.4) is 0 Å². The molecule has 78 valence electrons. The molecule has 0 aliphatic carbocycles. The van der Waals surface area contributed by atoms with E-state index in [-0.39, 0.29) is 10.6 Å². The fourth-order valence-corrected chi connectivity index (χ4v) is 1.86. The second-order valence-electron chi connectivity index (χ2n) is 3.36. The van der Waals surface area contributed by atoms with Gasteiger partial charge in [0.15, 0.2) is 0 Å². The molecule has 4 nitrogen and oxygen atoms in total. The molecule has 0 unspecified atom stereocenters. The van der Waals surface area contributed by atoms with Gasteiger partial charge in [-0.2, -0.15) is 5.10 Å². The molecule has 0 aliphatic rings. The Morgan fingerprint density at radius 2 is 2.20 bits per heavy atom. The summed E-state index contributed by atoms with van der Waals surface area (Å²) in [6.45, 7) is 1.84. The third-order valence-corrected chi connectivity index (χ3v) is 2.67. The summed E-state index contributed by atoms with van der Waals surface area (Å²) >= 11 is 5.86. The number of carbonyl (C=O) groups is 1. The summed E-state index contributed by atoms with van der Waals surface area (Å²) in [6.07, 6.45) is 0. The summed E-state index contributed by atoms with van der Waals surface area (Å²) in [7, 11) is 1.80. The number of rotatable bonds is 1. The topological polar surface area (TPSA) is 55.1 Å². The molecular formula is C10H9ClN2O2. The first-order valence-electron chi connectivity index (χ1n) is 4.37. The Morgan fingerprint density at radius 3 is 2.80 bits per heavy atom. The Balaban J connectivity index is 2.85. The van der Waals surface area contributed by atoms with E-state index in [1.807, 2.05) is 6.92 Å². The van der Waals surface area contributed by atoms with Gasteiger partial charge in [-0.25, -0.2) is 4.79 Å². The van der Waals surface area contributed by atoms with Crippen molar-refractivity contribution in [3.05, 3.63) is 28.4 Å². The molecule has 0 amide bonds. The van der Waals surface area contributed by atoms with E-state index in [1.54, 1.807) is 23.9 Å². The van der Waals surface area contributed by atoms with Crippen LogP contribution in [0.1, 0.15) is 16.1 Å². The van der Waals surface area contributed by atoms with Crippen molar-refractivity contribution in [3.8, 4) is 0 Å². The minimum atomic E-state index is -1.02. The van der Waals surface area contributed by atoms with E-state index in [9.17, 15) is 4.79 Å². The predicted molar refractivity (Wildman–Crippen MR) is 57.4 cm³/mol. The molecule has 5 heteroatoms. The number of halogens is 1. The number of aryl methyl sites for hydroxylation is 2. The zero-order valence-electron chi connectivity index (χ0n) is 8.28. The van der Waals surface area contributed by atoms with Crippen molar-refractivity contribution in [1.29, 1.82) is 0 Å². The standard InChI is InChI=1S/C10H9ClN2O2/c1-5-6-3-7(10(14)15)8(11)4-9(6)13(2)12-5/h3-4H,1-2H3,(H,14,15). The zero-order valence-corrected chi connectivity index (χ0v) is 9.04. The van der Waals surface area contributed by atoms with Crippen molar-refractivity contribution in [2.75, 3.05) is 0 Å². The number of carboxylic acids is 1. The first-order chi connectivity index (χ1) is 7.00. The highest BCUT2D eigenvalue weighted by atomic mass is 35.5. The molecule has 2 rings (SSSR count). The minimum absolute atomic E-state index is 0.111. The average Bonchev–Trinajstić information content (AvgIpc) is 2.41. The lowest BCUT2D eigenvalue weighted by Gasteiger charge is -2.00. The van der Waals surface area contributed by atoms with E-state index < -0.39 is 5.97 Å². The van der Waals surface area contributed by atoms with Crippen molar-refractivity contribution in [1.82, 2.24) is 9.78 Å². The maximum Gasteiger partial charge on any atom is 0.337 e. The summed E-state index contributed by atoms with van der Waals surface area (Å²) in [4.78, 5) is 10.9. The van der Waals surface area contributed by atoms with Gasteiger partial charge in [0.2, 0.25) is 0 Å². The molecule has 0 spiro atoms. The first-order valence-corrected chi connectivity index (χ1v) is 4.74. The van der Waals surface area contributed by atoms with E-state index in [2.05, 4.69) is 5.10 Å².